The van der Waals surface area contributed by atoms with Gasteiger partial charge in [-0.1, -0.05) is 50.1 Å². The van der Waals surface area contributed by atoms with E-state index in [9.17, 15) is 4.79 Å². The van der Waals surface area contributed by atoms with Crippen LogP contribution in [0.1, 0.15) is 44.3 Å². The van der Waals surface area contributed by atoms with Gasteiger partial charge in [-0.2, -0.15) is 0 Å². The molecule has 0 aliphatic heterocycles. The van der Waals surface area contributed by atoms with Crippen molar-refractivity contribution in [3.63, 3.8) is 0 Å². The summed E-state index contributed by atoms with van der Waals surface area (Å²) in [6.45, 7) is 2.76. The zero-order valence-electron chi connectivity index (χ0n) is 10.3. The summed E-state index contributed by atoms with van der Waals surface area (Å²) >= 11 is 0. The van der Waals surface area contributed by atoms with Gasteiger partial charge in [-0.3, -0.25) is 4.79 Å². The number of benzene rings is 1. The third-order valence-electron chi connectivity index (χ3n) is 2.60. The van der Waals surface area contributed by atoms with Gasteiger partial charge in [0, 0.05) is 6.61 Å². The lowest BCUT2D eigenvalue weighted by molar-refractivity contribution is -0.140. The van der Waals surface area contributed by atoms with Gasteiger partial charge < -0.3 is 9.84 Å². The number of aliphatic carboxylic acids is 1. The van der Waals surface area contributed by atoms with E-state index in [2.05, 4.69) is 6.92 Å². The molecular formula is C14H20O3. The Bertz CT molecular complexity index is 321. The van der Waals surface area contributed by atoms with Crippen LogP contribution >= 0.6 is 0 Å². The Morgan fingerprint density at radius 1 is 1.29 bits per heavy atom. The third kappa shape index (κ3) is 5.50. The summed E-state index contributed by atoms with van der Waals surface area (Å²) < 4.78 is 5.66. The second-order valence-corrected chi connectivity index (χ2v) is 4.08. The van der Waals surface area contributed by atoms with E-state index in [1.54, 1.807) is 0 Å². The summed E-state index contributed by atoms with van der Waals surface area (Å²) in [4.78, 5) is 10.8. The van der Waals surface area contributed by atoms with Gasteiger partial charge in [-0.15, -0.1) is 0 Å². The molecule has 0 aliphatic rings. The third-order valence-corrected chi connectivity index (χ3v) is 2.60. The Balaban J connectivity index is 2.52. The molecule has 3 nitrogen and oxygen atoms in total. The van der Waals surface area contributed by atoms with E-state index in [1.165, 1.54) is 0 Å². The van der Waals surface area contributed by atoms with Crippen molar-refractivity contribution in [2.24, 2.45) is 0 Å². The maximum atomic E-state index is 10.8. The van der Waals surface area contributed by atoms with Gasteiger partial charge in [0.1, 0.15) is 0 Å². The van der Waals surface area contributed by atoms with Gasteiger partial charge in [0.2, 0.25) is 0 Å². The fourth-order valence-electron chi connectivity index (χ4n) is 1.68. The largest absolute Gasteiger partial charge is 0.481 e. The van der Waals surface area contributed by atoms with Crippen molar-refractivity contribution in [3.05, 3.63) is 35.9 Å². The maximum absolute atomic E-state index is 10.8. The number of carbonyl (C=O) groups is 1. The molecule has 0 fully saturated rings. The highest BCUT2D eigenvalue weighted by atomic mass is 16.5. The summed E-state index contributed by atoms with van der Waals surface area (Å²) in [5.74, 6) is -0.825. The molecule has 1 aromatic rings. The van der Waals surface area contributed by atoms with Gasteiger partial charge in [-0.25, -0.2) is 0 Å². The molecule has 17 heavy (non-hydrogen) atoms. The standard InChI is InChI=1S/C14H20O3/c1-2-3-7-10-17-13(11-14(15)16)12-8-5-4-6-9-12/h4-6,8-9,13H,2-3,7,10-11H2,1H3,(H,15,16). The summed E-state index contributed by atoms with van der Waals surface area (Å²) in [6, 6.07) is 9.54. The second kappa shape index (κ2) is 7.85. The average Bonchev–Trinajstić information content (AvgIpc) is 2.34. The molecule has 1 unspecified atom stereocenters. The monoisotopic (exact) mass is 236 g/mol. The molecule has 0 aromatic heterocycles. The molecule has 0 radical (unpaired) electrons. The lowest BCUT2D eigenvalue weighted by Gasteiger charge is -2.16. The van der Waals surface area contributed by atoms with Crippen LogP contribution in [0.3, 0.4) is 0 Å². The summed E-state index contributed by atoms with van der Waals surface area (Å²) in [5.41, 5.74) is 0.936. The second-order valence-electron chi connectivity index (χ2n) is 4.08. The molecule has 0 aliphatic carbocycles. The SMILES string of the molecule is CCCCCOC(CC(=O)O)c1ccccc1. The zero-order chi connectivity index (χ0) is 12.5. The molecule has 0 spiro atoms. The van der Waals surface area contributed by atoms with Crippen LogP contribution in [0.4, 0.5) is 0 Å². The molecule has 0 bridgehead atoms. The fourth-order valence-corrected chi connectivity index (χ4v) is 1.68. The molecule has 94 valence electrons. The molecule has 1 rings (SSSR count). The van der Waals surface area contributed by atoms with Gasteiger partial charge in [-0.05, 0) is 12.0 Å². The highest BCUT2D eigenvalue weighted by Gasteiger charge is 2.15. The Morgan fingerprint density at radius 2 is 2.00 bits per heavy atom. The van der Waals surface area contributed by atoms with Crippen molar-refractivity contribution < 1.29 is 14.6 Å². The number of hydrogen-bond donors (Lipinski definition) is 1. The minimum atomic E-state index is -0.825. The highest BCUT2D eigenvalue weighted by Crippen LogP contribution is 2.21. The van der Waals surface area contributed by atoms with E-state index in [0.717, 1.165) is 24.8 Å². The molecule has 0 heterocycles. The number of unbranched alkanes of at least 4 members (excludes halogenated alkanes) is 2. The van der Waals surface area contributed by atoms with E-state index in [4.69, 9.17) is 9.84 Å². The van der Waals surface area contributed by atoms with Crippen LogP contribution in [-0.2, 0) is 9.53 Å². The molecule has 3 heteroatoms. The summed E-state index contributed by atoms with van der Waals surface area (Å²) in [7, 11) is 0. The van der Waals surface area contributed by atoms with Gasteiger partial charge in [0.15, 0.2) is 0 Å². The van der Waals surface area contributed by atoms with Crippen LogP contribution in [-0.4, -0.2) is 17.7 Å². The number of carboxylic acids is 1. The Kier molecular flexibility index (Phi) is 6.33. The summed E-state index contributed by atoms with van der Waals surface area (Å²) in [6.07, 6.45) is 2.94. The van der Waals surface area contributed by atoms with Crippen LogP contribution in [0, 0.1) is 0 Å². The first-order chi connectivity index (χ1) is 8.24. The zero-order valence-corrected chi connectivity index (χ0v) is 10.3. The molecule has 0 saturated heterocycles. The number of hydrogen-bond acceptors (Lipinski definition) is 2. The average molecular weight is 236 g/mol. The maximum Gasteiger partial charge on any atom is 0.306 e. The molecule has 0 amide bonds. The number of ether oxygens (including phenoxy) is 1. The van der Waals surface area contributed by atoms with Crippen molar-refractivity contribution in [1.29, 1.82) is 0 Å². The van der Waals surface area contributed by atoms with Crippen molar-refractivity contribution in [1.82, 2.24) is 0 Å². The molecule has 1 atom stereocenters. The highest BCUT2D eigenvalue weighted by molar-refractivity contribution is 5.67. The lowest BCUT2D eigenvalue weighted by atomic mass is 10.1. The van der Waals surface area contributed by atoms with Crippen molar-refractivity contribution in [2.75, 3.05) is 6.61 Å². The van der Waals surface area contributed by atoms with E-state index in [1.807, 2.05) is 30.3 Å². The van der Waals surface area contributed by atoms with Gasteiger partial charge in [0.05, 0.1) is 12.5 Å². The van der Waals surface area contributed by atoms with Gasteiger partial charge in [0.25, 0.3) is 0 Å². The Morgan fingerprint density at radius 3 is 2.59 bits per heavy atom. The topological polar surface area (TPSA) is 46.5 Å². The number of rotatable bonds is 8. The minimum Gasteiger partial charge on any atom is -0.481 e. The van der Waals surface area contributed by atoms with Crippen molar-refractivity contribution in [3.8, 4) is 0 Å². The molecular weight excluding hydrogens is 216 g/mol. The lowest BCUT2D eigenvalue weighted by Crippen LogP contribution is -2.11. The van der Waals surface area contributed by atoms with Crippen LogP contribution in [0.25, 0.3) is 0 Å². The van der Waals surface area contributed by atoms with Crippen LogP contribution < -0.4 is 0 Å². The molecule has 1 aromatic carbocycles. The minimum absolute atomic E-state index is 0.0239. The van der Waals surface area contributed by atoms with E-state index in [-0.39, 0.29) is 12.5 Å². The Hall–Kier alpha value is -1.35. The first kappa shape index (κ1) is 13.7. The van der Waals surface area contributed by atoms with Crippen molar-refractivity contribution in [2.45, 2.75) is 38.7 Å². The van der Waals surface area contributed by atoms with Crippen molar-refractivity contribution >= 4 is 5.97 Å². The van der Waals surface area contributed by atoms with Crippen LogP contribution in [0.15, 0.2) is 30.3 Å². The molecule has 1 N–H and O–H groups in total. The molecule has 0 saturated carbocycles. The quantitative estimate of drug-likeness (QED) is 0.703. The fraction of sp³-hybridized carbons (Fsp3) is 0.500. The Labute approximate surface area is 102 Å². The smallest absolute Gasteiger partial charge is 0.306 e. The normalized spacial score (nSPS) is 12.3. The van der Waals surface area contributed by atoms with Crippen LogP contribution in [0.2, 0.25) is 0 Å². The predicted molar refractivity (Wildman–Crippen MR) is 66.9 cm³/mol. The van der Waals surface area contributed by atoms with E-state index in [0.29, 0.717) is 6.61 Å². The first-order valence-electron chi connectivity index (χ1n) is 6.12. The van der Waals surface area contributed by atoms with E-state index < -0.39 is 5.97 Å². The summed E-state index contributed by atoms with van der Waals surface area (Å²) in [5, 5.41) is 8.87. The van der Waals surface area contributed by atoms with Gasteiger partial charge >= 0.3 is 5.97 Å². The first-order valence-corrected chi connectivity index (χ1v) is 6.12. The van der Waals surface area contributed by atoms with Crippen LogP contribution in [0.5, 0.6) is 0 Å². The number of carboxylic acid groups (broad SMARTS) is 1. The van der Waals surface area contributed by atoms with E-state index >= 15 is 0 Å². The predicted octanol–water partition coefficient (Wildman–Crippen LogP) is 3.41.